The van der Waals surface area contributed by atoms with Crippen LogP contribution >= 0.6 is 0 Å². The van der Waals surface area contributed by atoms with Crippen molar-refractivity contribution in [2.75, 3.05) is 0 Å². The SMILES string of the molecule is Cc1nn(C)c(C)c1[C@H](C)NC(=O)c1cc2ccc(OC(F)(F)F)cc2[nH]1. The Balaban J connectivity index is 1.81. The van der Waals surface area contributed by atoms with Crippen LogP contribution in [0.5, 0.6) is 5.75 Å². The summed E-state index contributed by atoms with van der Waals surface area (Å²) in [7, 11) is 1.83. The Hall–Kier alpha value is -2.97. The Morgan fingerprint density at radius 3 is 2.59 bits per heavy atom. The molecule has 144 valence electrons. The standard InChI is InChI=1S/C18H19F3N4O2/c1-9(16-10(2)24-25(4)11(16)3)22-17(26)15-7-12-5-6-13(8-14(12)23-15)27-18(19,20)21/h5-9,23H,1-4H3,(H,22,26)/t9-/m0/s1. The van der Waals surface area contributed by atoms with Gasteiger partial charge >= 0.3 is 6.36 Å². The minimum atomic E-state index is -4.77. The molecule has 1 atom stereocenters. The quantitative estimate of drug-likeness (QED) is 0.721. The molecule has 0 aliphatic carbocycles. The lowest BCUT2D eigenvalue weighted by molar-refractivity contribution is -0.274. The number of aromatic amines is 1. The summed E-state index contributed by atoms with van der Waals surface area (Å²) in [5.41, 5.74) is 3.34. The van der Waals surface area contributed by atoms with E-state index in [2.05, 4.69) is 20.1 Å². The molecule has 0 fully saturated rings. The number of nitrogens with one attached hydrogen (secondary N) is 2. The molecule has 0 aliphatic rings. The maximum atomic E-state index is 12.6. The van der Waals surface area contributed by atoms with E-state index in [1.807, 2.05) is 27.8 Å². The van der Waals surface area contributed by atoms with Crippen molar-refractivity contribution in [2.24, 2.45) is 7.05 Å². The average Bonchev–Trinajstić information content (AvgIpc) is 3.06. The molecular formula is C18H19F3N4O2. The van der Waals surface area contributed by atoms with E-state index in [4.69, 9.17) is 0 Å². The first kappa shape index (κ1) is 18.8. The number of H-pyrrole nitrogens is 1. The number of fused-ring (bicyclic) bond motifs is 1. The summed E-state index contributed by atoms with van der Waals surface area (Å²) in [4.78, 5) is 15.4. The molecule has 2 heterocycles. The summed E-state index contributed by atoms with van der Waals surface area (Å²) in [6, 6.07) is 5.18. The molecule has 0 saturated heterocycles. The van der Waals surface area contributed by atoms with E-state index in [-0.39, 0.29) is 23.4 Å². The second-order valence-corrected chi connectivity index (χ2v) is 6.38. The molecule has 2 aromatic heterocycles. The van der Waals surface area contributed by atoms with E-state index in [9.17, 15) is 18.0 Å². The van der Waals surface area contributed by atoms with Gasteiger partial charge in [-0.1, -0.05) is 0 Å². The number of aromatic nitrogens is 3. The van der Waals surface area contributed by atoms with E-state index in [1.165, 1.54) is 18.2 Å². The average molecular weight is 380 g/mol. The molecule has 0 bridgehead atoms. The number of hydrogen-bond donors (Lipinski definition) is 2. The molecule has 1 aromatic carbocycles. The Morgan fingerprint density at radius 1 is 1.30 bits per heavy atom. The first-order valence-electron chi connectivity index (χ1n) is 8.24. The summed E-state index contributed by atoms with van der Waals surface area (Å²) < 4.78 is 42.7. The zero-order valence-corrected chi connectivity index (χ0v) is 15.2. The van der Waals surface area contributed by atoms with Crippen LogP contribution in [0, 0.1) is 13.8 Å². The van der Waals surface area contributed by atoms with Gasteiger partial charge in [0, 0.05) is 35.3 Å². The van der Waals surface area contributed by atoms with Crippen LogP contribution in [-0.4, -0.2) is 27.0 Å². The third-order valence-electron chi connectivity index (χ3n) is 4.42. The van der Waals surface area contributed by atoms with E-state index in [0.29, 0.717) is 10.9 Å². The lowest BCUT2D eigenvalue weighted by atomic mass is 10.1. The maximum Gasteiger partial charge on any atom is 0.573 e. The molecule has 0 spiro atoms. The molecule has 0 saturated carbocycles. The number of alkyl halides is 3. The Bertz CT molecular complexity index is 1000. The molecule has 0 unspecified atom stereocenters. The predicted molar refractivity (Wildman–Crippen MR) is 93.5 cm³/mol. The van der Waals surface area contributed by atoms with E-state index in [0.717, 1.165) is 17.0 Å². The fourth-order valence-corrected chi connectivity index (χ4v) is 3.19. The number of ether oxygens (including phenoxy) is 1. The third kappa shape index (κ3) is 3.91. The summed E-state index contributed by atoms with van der Waals surface area (Å²) in [5, 5.41) is 7.83. The molecule has 2 N–H and O–H groups in total. The van der Waals surface area contributed by atoms with Crippen molar-refractivity contribution in [3.05, 3.63) is 46.9 Å². The zero-order valence-electron chi connectivity index (χ0n) is 15.2. The molecule has 9 heteroatoms. The molecule has 6 nitrogen and oxygen atoms in total. The van der Waals surface area contributed by atoms with Crippen molar-refractivity contribution in [1.82, 2.24) is 20.1 Å². The number of carbonyl (C=O) groups excluding carboxylic acids is 1. The maximum absolute atomic E-state index is 12.6. The van der Waals surface area contributed by atoms with Gasteiger partial charge in [0.1, 0.15) is 11.4 Å². The van der Waals surface area contributed by atoms with Crippen molar-refractivity contribution >= 4 is 16.8 Å². The number of carbonyl (C=O) groups is 1. The van der Waals surface area contributed by atoms with Crippen molar-refractivity contribution in [3.8, 4) is 5.75 Å². The molecular weight excluding hydrogens is 361 g/mol. The second-order valence-electron chi connectivity index (χ2n) is 6.38. The number of amides is 1. The van der Waals surface area contributed by atoms with Gasteiger partial charge in [-0.15, -0.1) is 13.2 Å². The Labute approximate surface area is 153 Å². The highest BCUT2D eigenvalue weighted by Gasteiger charge is 2.31. The van der Waals surface area contributed by atoms with Crippen LogP contribution in [0.3, 0.4) is 0 Å². The van der Waals surface area contributed by atoms with Crippen molar-refractivity contribution in [3.63, 3.8) is 0 Å². The van der Waals surface area contributed by atoms with Gasteiger partial charge in [-0.05, 0) is 39.0 Å². The summed E-state index contributed by atoms with van der Waals surface area (Å²) in [6.45, 7) is 5.64. The van der Waals surface area contributed by atoms with Crippen LogP contribution in [0.4, 0.5) is 13.2 Å². The van der Waals surface area contributed by atoms with Gasteiger partial charge < -0.3 is 15.0 Å². The first-order chi connectivity index (χ1) is 12.5. The number of hydrogen-bond acceptors (Lipinski definition) is 3. The molecule has 0 aliphatic heterocycles. The zero-order chi connectivity index (χ0) is 19.9. The van der Waals surface area contributed by atoms with Crippen molar-refractivity contribution < 1.29 is 22.7 Å². The predicted octanol–water partition coefficient (Wildman–Crippen LogP) is 3.91. The van der Waals surface area contributed by atoms with E-state index < -0.39 is 6.36 Å². The highest BCUT2D eigenvalue weighted by atomic mass is 19.4. The Morgan fingerprint density at radius 2 is 2.00 bits per heavy atom. The van der Waals surface area contributed by atoms with Gasteiger partial charge in [0.15, 0.2) is 0 Å². The van der Waals surface area contributed by atoms with Crippen LogP contribution in [-0.2, 0) is 7.05 Å². The van der Waals surface area contributed by atoms with Gasteiger partial charge in [0.25, 0.3) is 5.91 Å². The van der Waals surface area contributed by atoms with Gasteiger partial charge in [-0.3, -0.25) is 9.48 Å². The fraction of sp³-hybridized carbons (Fsp3) is 0.333. The molecule has 3 aromatic rings. The lowest BCUT2D eigenvalue weighted by Gasteiger charge is -2.14. The summed E-state index contributed by atoms with van der Waals surface area (Å²) >= 11 is 0. The fourth-order valence-electron chi connectivity index (χ4n) is 3.19. The normalized spacial score (nSPS) is 13.0. The van der Waals surface area contributed by atoms with Crippen molar-refractivity contribution in [2.45, 2.75) is 33.2 Å². The molecule has 27 heavy (non-hydrogen) atoms. The summed E-state index contributed by atoms with van der Waals surface area (Å²) in [5.74, 6) is -0.710. The molecule has 3 rings (SSSR count). The van der Waals surface area contributed by atoms with E-state index >= 15 is 0 Å². The second kappa shape index (κ2) is 6.64. The number of rotatable bonds is 4. The molecule has 1 amide bonds. The van der Waals surface area contributed by atoms with Crippen LogP contribution in [0.2, 0.25) is 0 Å². The van der Waals surface area contributed by atoms with Crippen LogP contribution in [0.15, 0.2) is 24.3 Å². The van der Waals surface area contributed by atoms with Crippen molar-refractivity contribution in [1.29, 1.82) is 0 Å². The highest BCUT2D eigenvalue weighted by molar-refractivity contribution is 5.98. The lowest BCUT2D eigenvalue weighted by Crippen LogP contribution is -2.27. The topological polar surface area (TPSA) is 71.9 Å². The number of aryl methyl sites for hydroxylation is 2. The Kier molecular flexibility index (Phi) is 4.63. The minimum absolute atomic E-state index is 0.250. The first-order valence-corrected chi connectivity index (χ1v) is 8.24. The molecule has 0 radical (unpaired) electrons. The monoisotopic (exact) mass is 380 g/mol. The summed E-state index contributed by atoms with van der Waals surface area (Å²) in [6.07, 6.45) is -4.77. The van der Waals surface area contributed by atoms with Gasteiger partial charge in [0.05, 0.1) is 11.7 Å². The highest BCUT2D eigenvalue weighted by Crippen LogP contribution is 2.27. The van der Waals surface area contributed by atoms with Gasteiger partial charge in [-0.25, -0.2) is 0 Å². The van der Waals surface area contributed by atoms with Crippen LogP contribution < -0.4 is 10.1 Å². The number of halogens is 3. The minimum Gasteiger partial charge on any atom is -0.406 e. The number of nitrogens with zero attached hydrogens (tertiary/aromatic N) is 2. The third-order valence-corrected chi connectivity index (χ3v) is 4.42. The van der Waals surface area contributed by atoms with Gasteiger partial charge in [-0.2, -0.15) is 5.10 Å². The van der Waals surface area contributed by atoms with Crippen LogP contribution in [0.1, 0.15) is 40.4 Å². The van der Waals surface area contributed by atoms with Crippen LogP contribution in [0.25, 0.3) is 10.9 Å². The van der Waals surface area contributed by atoms with E-state index in [1.54, 1.807) is 10.7 Å². The van der Waals surface area contributed by atoms with Gasteiger partial charge in [0.2, 0.25) is 0 Å². The smallest absolute Gasteiger partial charge is 0.406 e. The largest absolute Gasteiger partial charge is 0.573 e. The number of benzene rings is 1.